The molecule has 2 N–H and O–H groups in total. The zero-order chi connectivity index (χ0) is 9.68. The number of rotatable bonds is 4. The van der Waals surface area contributed by atoms with Gasteiger partial charge in [-0.3, -0.25) is 9.59 Å². The van der Waals surface area contributed by atoms with E-state index < -0.39 is 11.9 Å². The summed E-state index contributed by atoms with van der Waals surface area (Å²) >= 11 is 1.07. The number of carbonyl (C=O) groups is 2. The van der Waals surface area contributed by atoms with Crippen molar-refractivity contribution in [1.82, 2.24) is 14.9 Å². The van der Waals surface area contributed by atoms with E-state index in [9.17, 15) is 9.59 Å². The second kappa shape index (κ2) is 4.51. The number of carboxylic acids is 1. The maximum absolute atomic E-state index is 11.1. The van der Waals surface area contributed by atoms with Crippen LogP contribution in [0, 0.1) is 0 Å². The zero-order valence-electron chi connectivity index (χ0n) is 6.56. The number of aliphatic carboxylic acids is 1. The smallest absolute Gasteiger partial charge is 0.305 e. The van der Waals surface area contributed by atoms with Gasteiger partial charge in [0.1, 0.15) is 0 Å². The predicted molar refractivity (Wildman–Crippen MR) is 44.5 cm³/mol. The van der Waals surface area contributed by atoms with E-state index in [2.05, 4.69) is 14.9 Å². The first-order valence-corrected chi connectivity index (χ1v) is 4.31. The first-order valence-electron chi connectivity index (χ1n) is 3.47. The second-order valence-electron chi connectivity index (χ2n) is 2.19. The summed E-state index contributed by atoms with van der Waals surface area (Å²) in [5.74, 6) is -1.34. The summed E-state index contributed by atoms with van der Waals surface area (Å²) in [7, 11) is 0. The third-order valence-corrected chi connectivity index (χ3v) is 1.72. The van der Waals surface area contributed by atoms with Gasteiger partial charge >= 0.3 is 5.97 Å². The Morgan fingerprint density at radius 3 is 2.92 bits per heavy atom. The van der Waals surface area contributed by atoms with Gasteiger partial charge in [-0.2, -0.15) is 0 Å². The lowest BCUT2D eigenvalue weighted by Crippen LogP contribution is -2.26. The lowest BCUT2D eigenvalue weighted by Gasteiger charge is -1.98. The molecule has 0 aliphatic heterocycles. The first kappa shape index (κ1) is 9.59. The van der Waals surface area contributed by atoms with Crippen molar-refractivity contribution in [2.45, 2.75) is 6.42 Å². The highest BCUT2D eigenvalue weighted by molar-refractivity contribution is 7.03. The van der Waals surface area contributed by atoms with Crippen LogP contribution in [0.15, 0.2) is 5.38 Å². The van der Waals surface area contributed by atoms with Crippen molar-refractivity contribution in [3.63, 3.8) is 0 Å². The van der Waals surface area contributed by atoms with Crippen molar-refractivity contribution in [2.24, 2.45) is 0 Å². The topological polar surface area (TPSA) is 92.2 Å². The molecular weight excluding hydrogens is 194 g/mol. The van der Waals surface area contributed by atoms with Gasteiger partial charge in [-0.05, 0) is 11.5 Å². The lowest BCUT2D eigenvalue weighted by atomic mass is 10.4. The average molecular weight is 201 g/mol. The molecule has 0 aliphatic carbocycles. The molecule has 0 aliphatic rings. The van der Waals surface area contributed by atoms with E-state index in [1.54, 1.807) is 0 Å². The maximum Gasteiger partial charge on any atom is 0.305 e. The molecule has 0 atom stereocenters. The number of aromatic nitrogens is 2. The predicted octanol–water partition coefficient (Wildman–Crippen LogP) is -0.257. The molecule has 1 aromatic rings. The van der Waals surface area contributed by atoms with E-state index in [1.807, 2.05) is 0 Å². The van der Waals surface area contributed by atoms with Gasteiger partial charge in [0.2, 0.25) is 0 Å². The Morgan fingerprint density at radius 2 is 2.38 bits per heavy atom. The van der Waals surface area contributed by atoms with Crippen LogP contribution in [0.4, 0.5) is 0 Å². The third kappa shape index (κ3) is 3.16. The maximum atomic E-state index is 11.1. The number of amides is 1. The molecule has 0 bridgehead atoms. The van der Waals surface area contributed by atoms with Crippen LogP contribution in [0.1, 0.15) is 16.9 Å². The Kier molecular flexibility index (Phi) is 3.32. The van der Waals surface area contributed by atoms with Gasteiger partial charge in [0, 0.05) is 11.9 Å². The summed E-state index contributed by atoms with van der Waals surface area (Å²) in [6.07, 6.45) is -0.0939. The van der Waals surface area contributed by atoms with Crippen molar-refractivity contribution in [3.05, 3.63) is 11.1 Å². The molecule has 1 aromatic heterocycles. The van der Waals surface area contributed by atoms with Crippen molar-refractivity contribution >= 4 is 23.4 Å². The minimum absolute atomic E-state index is 0.0939. The summed E-state index contributed by atoms with van der Waals surface area (Å²) in [6, 6.07) is 0. The van der Waals surface area contributed by atoms with E-state index in [-0.39, 0.29) is 18.7 Å². The normalized spacial score (nSPS) is 9.54. The van der Waals surface area contributed by atoms with Gasteiger partial charge in [-0.15, -0.1) is 5.10 Å². The summed E-state index contributed by atoms with van der Waals surface area (Å²) in [5, 5.41) is 15.7. The van der Waals surface area contributed by atoms with Crippen LogP contribution in [0.2, 0.25) is 0 Å². The quantitative estimate of drug-likeness (QED) is 0.700. The highest BCUT2D eigenvalue weighted by Gasteiger charge is 2.07. The Labute approximate surface area is 77.7 Å². The molecule has 0 fully saturated rings. The van der Waals surface area contributed by atoms with Crippen molar-refractivity contribution < 1.29 is 14.7 Å². The zero-order valence-corrected chi connectivity index (χ0v) is 7.37. The third-order valence-electron chi connectivity index (χ3n) is 1.22. The summed E-state index contributed by atoms with van der Waals surface area (Å²) < 4.78 is 3.50. The van der Waals surface area contributed by atoms with Gasteiger partial charge in [0.15, 0.2) is 5.69 Å². The first-order chi connectivity index (χ1) is 6.20. The van der Waals surface area contributed by atoms with E-state index in [0.29, 0.717) is 0 Å². The minimum Gasteiger partial charge on any atom is -0.481 e. The van der Waals surface area contributed by atoms with Crippen LogP contribution in [0.3, 0.4) is 0 Å². The van der Waals surface area contributed by atoms with Crippen molar-refractivity contribution in [2.75, 3.05) is 6.54 Å². The highest BCUT2D eigenvalue weighted by atomic mass is 32.1. The molecule has 7 heteroatoms. The molecule has 0 unspecified atom stereocenters. The van der Waals surface area contributed by atoms with Crippen LogP contribution in [-0.4, -0.2) is 33.1 Å². The second-order valence-corrected chi connectivity index (χ2v) is 2.80. The molecule has 0 aromatic carbocycles. The van der Waals surface area contributed by atoms with Crippen molar-refractivity contribution in [1.29, 1.82) is 0 Å². The van der Waals surface area contributed by atoms with Crippen LogP contribution in [-0.2, 0) is 4.79 Å². The number of hydrogen-bond donors (Lipinski definition) is 2. The molecule has 13 heavy (non-hydrogen) atoms. The van der Waals surface area contributed by atoms with Gasteiger partial charge in [0.05, 0.1) is 6.42 Å². The van der Waals surface area contributed by atoms with Gasteiger partial charge < -0.3 is 10.4 Å². The fourth-order valence-corrected chi connectivity index (χ4v) is 1.07. The molecule has 1 rings (SSSR count). The standard InChI is InChI=1S/C6H7N3O3S/c10-5(11)1-2-7-6(12)4-3-13-9-8-4/h3H,1-2H2,(H,7,12)(H,10,11). The summed E-state index contributed by atoms with van der Waals surface area (Å²) in [5.41, 5.74) is 0.218. The number of nitrogens with zero attached hydrogens (tertiary/aromatic N) is 2. The monoisotopic (exact) mass is 201 g/mol. The molecule has 0 saturated carbocycles. The SMILES string of the molecule is O=C(O)CCNC(=O)c1csnn1. The van der Waals surface area contributed by atoms with Crippen LogP contribution < -0.4 is 5.32 Å². The molecule has 0 radical (unpaired) electrons. The Hall–Kier alpha value is -1.50. The van der Waals surface area contributed by atoms with E-state index in [4.69, 9.17) is 5.11 Å². The summed E-state index contributed by atoms with van der Waals surface area (Å²) in [6.45, 7) is 0.103. The Balaban J connectivity index is 2.31. The van der Waals surface area contributed by atoms with Gasteiger partial charge in [-0.1, -0.05) is 4.49 Å². The Bertz CT molecular complexity index is 298. The highest BCUT2D eigenvalue weighted by Crippen LogP contribution is 1.95. The molecule has 6 nitrogen and oxygen atoms in total. The molecule has 0 spiro atoms. The fraction of sp³-hybridized carbons (Fsp3) is 0.333. The average Bonchev–Trinajstić information content (AvgIpc) is 2.55. The molecule has 0 saturated heterocycles. The van der Waals surface area contributed by atoms with Crippen molar-refractivity contribution in [3.8, 4) is 0 Å². The van der Waals surface area contributed by atoms with Crippen LogP contribution in [0.25, 0.3) is 0 Å². The van der Waals surface area contributed by atoms with Crippen LogP contribution in [0.5, 0.6) is 0 Å². The lowest BCUT2D eigenvalue weighted by molar-refractivity contribution is -0.136. The summed E-state index contributed by atoms with van der Waals surface area (Å²) in [4.78, 5) is 21.2. The minimum atomic E-state index is -0.947. The van der Waals surface area contributed by atoms with E-state index in [1.165, 1.54) is 5.38 Å². The molecule has 70 valence electrons. The largest absolute Gasteiger partial charge is 0.481 e. The molecular formula is C6H7N3O3S. The molecule has 1 heterocycles. The number of hydrogen-bond acceptors (Lipinski definition) is 5. The van der Waals surface area contributed by atoms with Gasteiger partial charge in [0.25, 0.3) is 5.91 Å². The Morgan fingerprint density at radius 1 is 1.62 bits per heavy atom. The van der Waals surface area contributed by atoms with Crippen LogP contribution >= 0.6 is 11.5 Å². The fourth-order valence-electron chi connectivity index (χ4n) is 0.637. The number of carboxylic acid groups (broad SMARTS) is 1. The number of carbonyl (C=O) groups excluding carboxylic acids is 1. The number of nitrogens with one attached hydrogen (secondary N) is 1. The van der Waals surface area contributed by atoms with E-state index in [0.717, 1.165) is 11.5 Å². The molecule has 1 amide bonds. The van der Waals surface area contributed by atoms with Gasteiger partial charge in [-0.25, -0.2) is 0 Å². The van der Waals surface area contributed by atoms with E-state index >= 15 is 0 Å².